The third-order valence-corrected chi connectivity index (χ3v) is 6.22. The van der Waals surface area contributed by atoms with Crippen molar-refractivity contribution in [3.63, 3.8) is 0 Å². The van der Waals surface area contributed by atoms with Crippen LogP contribution in [0, 0.1) is 11.8 Å². The van der Waals surface area contributed by atoms with Gasteiger partial charge >= 0.3 is 0 Å². The molecule has 3 saturated heterocycles. The summed E-state index contributed by atoms with van der Waals surface area (Å²) in [4.78, 5) is 16.4. The summed E-state index contributed by atoms with van der Waals surface area (Å²) in [5.74, 6) is 1.77. The van der Waals surface area contributed by atoms with Crippen molar-refractivity contribution in [1.29, 1.82) is 0 Å². The molecule has 3 aliphatic rings. The van der Waals surface area contributed by atoms with E-state index in [1.165, 1.54) is 32.4 Å². The Bertz CT molecular complexity index is 572. The molecule has 0 bridgehead atoms. The van der Waals surface area contributed by atoms with Crippen molar-refractivity contribution >= 4 is 5.95 Å². The first kappa shape index (κ1) is 19.1. The van der Waals surface area contributed by atoms with Gasteiger partial charge in [-0.2, -0.15) is 0 Å². The minimum Gasteiger partial charge on any atom is -0.396 e. The fraction of sp³-hybridized carbons (Fsp3) is 0.800. The third-order valence-electron chi connectivity index (χ3n) is 6.22. The highest BCUT2D eigenvalue weighted by Crippen LogP contribution is 2.26. The van der Waals surface area contributed by atoms with Crippen molar-refractivity contribution in [2.45, 2.75) is 25.8 Å². The van der Waals surface area contributed by atoms with Gasteiger partial charge in [0, 0.05) is 63.8 Å². The molecule has 0 amide bonds. The van der Waals surface area contributed by atoms with E-state index in [9.17, 15) is 5.11 Å². The molecular formula is C20H33N5O2. The summed E-state index contributed by atoms with van der Waals surface area (Å²) in [7, 11) is 0. The molecule has 1 aromatic heterocycles. The van der Waals surface area contributed by atoms with E-state index in [1.54, 1.807) is 0 Å². The zero-order valence-corrected chi connectivity index (χ0v) is 16.3. The number of aromatic nitrogens is 2. The number of likely N-dealkylation sites (tertiary alicyclic amines) is 2. The van der Waals surface area contributed by atoms with Crippen LogP contribution in [0.2, 0.25) is 0 Å². The van der Waals surface area contributed by atoms with Crippen LogP contribution < -0.4 is 4.90 Å². The third kappa shape index (κ3) is 4.96. The lowest BCUT2D eigenvalue weighted by molar-refractivity contribution is 0.122. The lowest BCUT2D eigenvalue weighted by Crippen LogP contribution is -2.37. The van der Waals surface area contributed by atoms with Crippen LogP contribution in [0.1, 0.15) is 24.8 Å². The number of aliphatic hydroxyl groups excluding tert-OH is 1. The predicted molar refractivity (Wildman–Crippen MR) is 105 cm³/mol. The van der Waals surface area contributed by atoms with Gasteiger partial charge in [0.15, 0.2) is 0 Å². The number of morpholine rings is 1. The standard InChI is InChI=1S/C20H33N5O2/c26-16-19-15-24(14-18(19)13-23-4-2-1-3-5-23)12-17-10-21-20(22-11-17)25-6-8-27-9-7-25/h10-11,18-19,26H,1-9,12-16H2/t18-,19-/m1/s1. The van der Waals surface area contributed by atoms with Crippen molar-refractivity contribution in [3.05, 3.63) is 18.0 Å². The largest absolute Gasteiger partial charge is 0.396 e. The molecule has 150 valence electrons. The second-order valence-electron chi connectivity index (χ2n) is 8.25. The number of aliphatic hydroxyl groups is 1. The summed E-state index contributed by atoms with van der Waals surface area (Å²) in [5, 5.41) is 9.84. The second kappa shape index (κ2) is 9.28. The van der Waals surface area contributed by atoms with Gasteiger partial charge in [0.1, 0.15) is 0 Å². The minimum atomic E-state index is 0.293. The number of hydrogen-bond donors (Lipinski definition) is 1. The highest BCUT2D eigenvalue weighted by atomic mass is 16.5. The molecule has 1 aromatic rings. The molecule has 0 saturated carbocycles. The minimum absolute atomic E-state index is 0.293. The summed E-state index contributed by atoms with van der Waals surface area (Å²) in [5.41, 5.74) is 1.15. The van der Waals surface area contributed by atoms with Crippen molar-refractivity contribution in [2.24, 2.45) is 11.8 Å². The normalized spacial score (nSPS) is 28.0. The molecule has 0 unspecified atom stereocenters. The zero-order chi connectivity index (χ0) is 18.5. The number of anilines is 1. The summed E-state index contributed by atoms with van der Waals surface area (Å²) in [6.07, 6.45) is 7.95. The van der Waals surface area contributed by atoms with E-state index in [0.717, 1.165) is 64.0 Å². The van der Waals surface area contributed by atoms with Gasteiger partial charge in [-0.15, -0.1) is 0 Å². The van der Waals surface area contributed by atoms with Gasteiger partial charge in [-0.1, -0.05) is 6.42 Å². The Morgan fingerprint density at radius 1 is 0.926 bits per heavy atom. The fourth-order valence-electron chi connectivity index (χ4n) is 4.67. The van der Waals surface area contributed by atoms with Crippen molar-refractivity contribution in [1.82, 2.24) is 19.8 Å². The van der Waals surface area contributed by atoms with Crippen LogP contribution in [-0.2, 0) is 11.3 Å². The van der Waals surface area contributed by atoms with Crippen molar-refractivity contribution in [2.75, 3.05) is 70.5 Å². The quantitative estimate of drug-likeness (QED) is 0.790. The molecule has 7 heteroatoms. The summed E-state index contributed by atoms with van der Waals surface area (Å²) >= 11 is 0. The van der Waals surface area contributed by atoms with Crippen LogP contribution in [-0.4, -0.2) is 90.5 Å². The van der Waals surface area contributed by atoms with Gasteiger partial charge in [0.25, 0.3) is 0 Å². The molecule has 1 N–H and O–H groups in total. The molecule has 4 heterocycles. The van der Waals surface area contributed by atoms with Gasteiger partial charge in [-0.05, 0) is 37.8 Å². The first-order valence-corrected chi connectivity index (χ1v) is 10.5. The van der Waals surface area contributed by atoms with E-state index in [-0.39, 0.29) is 0 Å². The van der Waals surface area contributed by atoms with Gasteiger partial charge in [0.05, 0.1) is 13.2 Å². The first-order valence-electron chi connectivity index (χ1n) is 10.5. The molecule has 3 fully saturated rings. The van der Waals surface area contributed by atoms with E-state index >= 15 is 0 Å². The number of hydrogen-bond acceptors (Lipinski definition) is 7. The summed E-state index contributed by atoms with van der Waals surface area (Å²) < 4.78 is 5.39. The Hall–Kier alpha value is -1.28. The molecule has 2 atom stereocenters. The maximum Gasteiger partial charge on any atom is 0.225 e. The number of nitrogens with zero attached hydrogens (tertiary/aromatic N) is 5. The van der Waals surface area contributed by atoms with E-state index < -0.39 is 0 Å². The lowest BCUT2D eigenvalue weighted by atomic mass is 9.95. The summed E-state index contributed by atoms with van der Waals surface area (Å²) in [6, 6.07) is 0. The Morgan fingerprint density at radius 3 is 2.33 bits per heavy atom. The molecule has 7 nitrogen and oxygen atoms in total. The SMILES string of the molecule is OC[C@H]1CN(Cc2cnc(N3CCOCC3)nc2)C[C@H]1CN1CCCCC1. The first-order chi connectivity index (χ1) is 13.3. The molecule has 27 heavy (non-hydrogen) atoms. The zero-order valence-electron chi connectivity index (χ0n) is 16.3. The molecule has 0 spiro atoms. The van der Waals surface area contributed by atoms with Crippen LogP contribution in [0.25, 0.3) is 0 Å². The Morgan fingerprint density at radius 2 is 1.63 bits per heavy atom. The predicted octanol–water partition coefficient (Wildman–Crippen LogP) is 0.839. The molecule has 0 aliphatic carbocycles. The van der Waals surface area contributed by atoms with E-state index in [0.29, 0.717) is 18.4 Å². The van der Waals surface area contributed by atoms with Crippen LogP contribution in [0.4, 0.5) is 5.95 Å². The molecule has 3 aliphatic heterocycles. The average molecular weight is 376 g/mol. The van der Waals surface area contributed by atoms with Crippen LogP contribution in [0.5, 0.6) is 0 Å². The van der Waals surface area contributed by atoms with E-state index in [2.05, 4.69) is 24.7 Å². The van der Waals surface area contributed by atoms with E-state index in [1.807, 2.05) is 12.4 Å². The molecule has 0 aromatic carbocycles. The number of ether oxygens (including phenoxy) is 1. The van der Waals surface area contributed by atoms with Crippen LogP contribution in [0.15, 0.2) is 12.4 Å². The number of piperidine rings is 1. The maximum absolute atomic E-state index is 9.84. The maximum atomic E-state index is 9.84. The van der Waals surface area contributed by atoms with Gasteiger partial charge in [-0.25, -0.2) is 9.97 Å². The Balaban J connectivity index is 1.31. The lowest BCUT2D eigenvalue weighted by Gasteiger charge is -2.30. The molecule has 4 rings (SSSR count). The van der Waals surface area contributed by atoms with Gasteiger partial charge < -0.3 is 19.6 Å². The summed E-state index contributed by atoms with van der Waals surface area (Å²) in [6.45, 7) is 10.0. The monoisotopic (exact) mass is 375 g/mol. The smallest absolute Gasteiger partial charge is 0.225 e. The van der Waals surface area contributed by atoms with Gasteiger partial charge in [0.2, 0.25) is 5.95 Å². The molecule has 0 radical (unpaired) electrons. The Kier molecular flexibility index (Phi) is 6.55. The number of rotatable bonds is 6. The second-order valence-corrected chi connectivity index (χ2v) is 8.25. The average Bonchev–Trinajstić information content (AvgIpc) is 3.11. The molecular weight excluding hydrogens is 342 g/mol. The Labute approximate surface area is 162 Å². The van der Waals surface area contributed by atoms with Crippen LogP contribution in [0.3, 0.4) is 0 Å². The topological polar surface area (TPSA) is 65.0 Å². The highest BCUT2D eigenvalue weighted by Gasteiger charge is 2.33. The van der Waals surface area contributed by atoms with Crippen molar-refractivity contribution in [3.8, 4) is 0 Å². The van der Waals surface area contributed by atoms with Crippen LogP contribution >= 0.6 is 0 Å². The highest BCUT2D eigenvalue weighted by molar-refractivity contribution is 5.30. The van der Waals surface area contributed by atoms with Gasteiger partial charge in [-0.3, -0.25) is 4.90 Å². The van der Waals surface area contributed by atoms with Crippen molar-refractivity contribution < 1.29 is 9.84 Å². The fourth-order valence-corrected chi connectivity index (χ4v) is 4.67. The van der Waals surface area contributed by atoms with E-state index in [4.69, 9.17) is 4.74 Å².